The monoisotopic (exact) mass is 244 g/mol. The lowest BCUT2D eigenvalue weighted by Gasteiger charge is -2.07. The molecule has 0 saturated heterocycles. The highest BCUT2D eigenvalue weighted by molar-refractivity contribution is 6.44. The first-order valence-corrected chi connectivity index (χ1v) is 5.90. The van der Waals surface area contributed by atoms with Gasteiger partial charge >= 0.3 is 0 Å². The summed E-state index contributed by atoms with van der Waals surface area (Å²) in [6.45, 7) is 2.78. The van der Waals surface area contributed by atoms with E-state index in [1.807, 2.05) is 35.8 Å². The minimum atomic E-state index is -0.492. The van der Waals surface area contributed by atoms with Gasteiger partial charge in [-0.3, -0.25) is 9.59 Å². The number of benzene rings is 1. The number of para-hydroxylation sites is 1. The van der Waals surface area contributed by atoms with Crippen LogP contribution in [0.3, 0.4) is 0 Å². The summed E-state index contributed by atoms with van der Waals surface area (Å²) in [5, 5.41) is 0.833. The van der Waals surface area contributed by atoms with Gasteiger partial charge in [0.1, 0.15) is 0 Å². The summed E-state index contributed by atoms with van der Waals surface area (Å²) >= 11 is 0. The molecule has 4 heteroatoms. The molecule has 0 unspecified atom stereocenters. The minimum Gasteiger partial charge on any atom is -0.347 e. The molecule has 94 valence electrons. The van der Waals surface area contributed by atoms with Gasteiger partial charge in [-0.1, -0.05) is 18.2 Å². The lowest BCUT2D eigenvalue weighted by atomic mass is 10.1. The van der Waals surface area contributed by atoms with Gasteiger partial charge in [-0.2, -0.15) is 0 Å². The molecular weight excluding hydrogens is 228 g/mol. The summed E-state index contributed by atoms with van der Waals surface area (Å²) < 4.78 is 1.98. The number of Topliss-reactive ketones (excluding diaryl/α,β-unsaturated/α-hetero) is 1. The Morgan fingerprint density at radius 3 is 2.50 bits per heavy atom. The van der Waals surface area contributed by atoms with Crippen molar-refractivity contribution >= 4 is 22.6 Å². The van der Waals surface area contributed by atoms with Gasteiger partial charge in [0.05, 0.1) is 5.56 Å². The molecule has 0 N–H and O–H groups in total. The maximum absolute atomic E-state index is 12.1. The molecule has 0 bridgehead atoms. The van der Waals surface area contributed by atoms with Crippen molar-refractivity contribution in [1.29, 1.82) is 0 Å². The smallest absolute Gasteiger partial charge is 0.294 e. The van der Waals surface area contributed by atoms with Crippen molar-refractivity contribution in [1.82, 2.24) is 9.47 Å². The second kappa shape index (κ2) is 4.64. The first kappa shape index (κ1) is 12.4. The van der Waals surface area contributed by atoms with Gasteiger partial charge in [0.15, 0.2) is 0 Å². The van der Waals surface area contributed by atoms with Crippen molar-refractivity contribution in [2.75, 3.05) is 14.1 Å². The molecule has 0 atom stereocenters. The van der Waals surface area contributed by atoms with Gasteiger partial charge < -0.3 is 9.47 Å². The zero-order valence-corrected chi connectivity index (χ0v) is 10.8. The van der Waals surface area contributed by atoms with Crippen molar-refractivity contribution in [3.05, 3.63) is 36.0 Å². The number of likely N-dealkylation sites (N-methyl/N-ethyl adjacent to an activating group) is 1. The Balaban J connectivity index is 2.58. The predicted octanol–water partition coefficient (Wildman–Crippen LogP) is 1.93. The number of amides is 1. The van der Waals surface area contributed by atoms with E-state index in [4.69, 9.17) is 0 Å². The Morgan fingerprint density at radius 2 is 1.89 bits per heavy atom. The van der Waals surface area contributed by atoms with E-state index in [9.17, 15) is 9.59 Å². The van der Waals surface area contributed by atoms with Crippen LogP contribution in [-0.4, -0.2) is 35.3 Å². The molecule has 1 aromatic carbocycles. The van der Waals surface area contributed by atoms with Crippen LogP contribution in [0.2, 0.25) is 0 Å². The number of ketones is 1. The molecule has 0 aliphatic rings. The molecule has 1 heterocycles. The number of nitrogens with zero attached hydrogens (tertiary/aromatic N) is 2. The fourth-order valence-electron chi connectivity index (χ4n) is 2.01. The van der Waals surface area contributed by atoms with Crippen LogP contribution >= 0.6 is 0 Å². The van der Waals surface area contributed by atoms with Crippen molar-refractivity contribution in [3.8, 4) is 0 Å². The van der Waals surface area contributed by atoms with Gasteiger partial charge in [-0.15, -0.1) is 0 Å². The number of aryl methyl sites for hydroxylation is 1. The van der Waals surface area contributed by atoms with E-state index in [2.05, 4.69) is 0 Å². The summed E-state index contributed by atoms with van der Waals surface area (Å²) in [6, 6.07) is 7.63. The summed E-state index contributed by atoms with van der Waals surface area (Å²) in [5.74, 6) is -0.947. The summed E-state index contributed by atoms with van der Waals surface area (Å²) in [6.07, 6.45) is 1.76. The Labute approximate surface area is 106 Å². The van der Waals surface area contributed by atoms with Crippen LogP contribution < -0.4 is 0 Å². The molecule has 1 aromatic heterocycles. The molecule has 0 aliphatic carbocycles. The molecule has 0 saturated carbocycles. The average molecular weight is 244 g/mol. The molecule has 18 heavy (non-hydrogen) atoms. The van der Waals surface area contributed by atoms with Crippen LogP contribution in [0.1, 0.15) is 17.3 Å². The van der Waals surface area contributed by atoms with E-state index in [0.717, 1.165) is 17.4 Å². The SMILES string of the molecule is CCn1cc(C(=O)C(=O)N(C)C)c2ccccc21. The molecule has 0 radical (unpaired) electrons. The highest BCUT2D eigenvalue weighted by Crippen LogP contribution is 2.22. The molecule has 0 aliphatic heterocycles. The maximum atomic E-state index is 12.1. The normalized spacial score (nSPS) is 10.6. The third-order valence-electron chi connectivity index (χ3n) is 2.97. The number of fused-ring (bicyclic) bond motifs is 1. The van der Waals surface area contributed by atoms with Crippen molar-refractivity contribution in [2.45, 2.75) is 13.5 Å². The molecule has 1 amide bonds. The van der Waals surface area contributed by atoms with Gasteiger partial charge in [0, 0.05) is 37.7 Å². The third-order valence-corrected chi connectivity index (χ3v) is 2.97. The standard InChI is InChI=1S/C14H16N2O2/c1-4-16-9-11(13(17)14(18)15(2)3)10-7-5-6-8-12(10)16/h5-9H,4H2,1-3H3. The zero-order chi connectivity index (χ0) is 13.3. The van der Waals surface area contributed by atoms with Crippen LogP contribution in [0, 0.1) is 0 Å². The lowest BCUT2D eigenvalue weighted by molar-refractivity contribution is -0.124. The largest absolute Gasteiger partial charge is 0.347 e. The summed E-state index contributed by atoms with van der Waals surface area (Å²) in [4.78, 5) is 25.2. The molecule has 4 nitrogen and oxygen atoms in total. The number of hydrogen-bond donors (Lipinski definition) is 0. The van der Waals surface area contributed by atoms with Gasteiger partial charge in [-0.25, -0.2) is 0 Å². The first-order valence-electron chi connectivity index (χ1n) is 5.90. The van der Waals surface area contributed by atoms with E-state index in [0.29, 0.717) is 5.56 Å². The highest BCUT2D eigenvalue weighted by Gasteiger charge is 2.22. The lowest BCUT2D eigenvalue weighted by Crippen LogP contribution is -2.29. The fourth-order valence-corrected chi connectivity index (χ4v) is 2.01. The number of carbonyl (C=O) groups is 2. The van der Waals surface area contributed by atoms with E-state index < -0.39 is 11.7 Å². The molecule has 0 spiro atoms. The van der Waals surface area contributed by atoms with Crippen LogP contribution in [0.4, 0.5) is 0 Å². The van der Waals surface area contributed by atoms with Crippen LogP contribution in [0.5, 0.6) is 0 Å². The predicted molar refractivity (Wildman–Crippen MR) is 70.6 cm³/mol. The first-order chi connectivity index (χ1) is 8.56. The van der Waals surface area contributed by atoms with Gasteiger partial charge in [0.25, 0.3) is 11.7 Å². The van der Waals surface area contributed by atoms with Crippen molar-refractivity contribution in [3.63, 3.8) is 0 Å². The van der Waals surface area contributed by atoms with Crippen LogP contribution in [-0.2, 0) is 11.3 Å². The molecule has 0 fully saturated rings. The zero-order valence-electron chi connectivity index (χ0n) is 10.8. The Kier molecular flexibility index (Phi) is 3.19. The quantitative estimate of drug-likeness (QED) is 0.611. The van der Waals surface area contributed by atoms with Gasteiger partial charge in [0.2, 0.25) is 0 Å². The second-order valence-electron chi connectivity index (χ2n) is 4.37. The highest BCUT2D eigenvalue weighted by atomic mass is 16.2. The number of aromatic nitrogens is 1. The fraction of sp³-hybridized carbons (Fsp3) is 0.286. The summed E-state index contributed by atoms with van der Waals surface area (Å²) in [7, 11) is 3.17. The van der Waals surface area contributed by atoms with E-state index in [1.54, 1.807) is 20.3 Å². The van der Waals surface area contributed by atoms with E-state index in [-0.39, 0.29) is 0 Å². The number of hydrogen-bond acceptors (Lipinski definition) is 2. The summed E-state index contributed by atoms with van der Waals surface area (Å²) in [5.41, 5.74) is 1.46. The maximum Gasteiger partial charge on any atom is 0.294 e. The average Bonchev–Trinajstić information content (AvgIpc) is 2.75. The minimum absolute atomic E-state index is 0.455. The molecule has 2 rings (SSSR count). The van der Waals surface area contributed by atoms with Crippen LogP contribution in [0.15, 0.2) is 30.5 Å². The van der Waals surface area contributed by atoms with Gasteiger partial charge in [-0.05, 0) is 13.0 Å². The second-order valence-corrected chi connectivity index (χ2v) is 4.37. The molecule has 2 aromatic rings. The van der Waals surface area contributed by atoms with Crippen molar-refractivity contribution < 1.29 is 9.59 Å². The molecular formula is C14H16N2O2. The van der Waals surface area contributed by atoms with Crippen LogP contribution in [0.25, 0.3) is 10.9 Å². The number of rotatable bonds is 3. The topological polar surface area (TPSA) is 42.3 Å². The van der Waals surface area contributed by atoms with E-state index in [1.165, 1.54) is 4.90 Å². The Bertz CT molecular complexity index is 611. The number of carbonyl (C=O) groups excluding carboxylic acids is 2. The van der Waals surface area contributed by atoms with Crippen molar-refractivity contribution in [2.24, 2.45) is 0 Å². The Hall–Kier alpha value is -2.10. The van der Waals surface area contributed by atoms with E-state index >= 15 is 0 Å². The third kappa shape index (κ3) is 1.90. The Morgan fingerprint density at radius 1 is 1.22 bits per heavy atom.